The third kappa shape index (κ3) is 1.68. The molecule has 0 N–H and O–H groups in total. The van der Waals surface area contributed by atoms with E-state index in [2.05, 4.69) is 22.4 Å². The molecule has 0 amide bonds. The summed E-state index contributed by atoms with van der Waals surface area (Å²) >= 11 is 0. The van der Waals surface area contributed by atoms with E-state index < -0.39 is 0 Å². The Kier molecular flexibility index (Phi) is 2.23. The zero-order chi connectivity index (χ0) is 9.10. The van der Waals surface area contributed by atoms with Gasteiger partial charge in [-0.25, -0.2) is 0 Å². The number of fused-ring (bicyclic) bond motifs is 1. The second-order valence-electron chi connectivity index (χ2n) is 3.01. The van der Waals surface area contributed by atoms with Gasteiger partial charge in [-0.15, -0.1) is 6.54 Å². The fourth-order valence-corrected chi connectivity index (χ4v) is 1.39. The monoisotopic (exact) mass is 171 g/mol. The number of hydrogen-bond donors (Lipinski definition) is 0. The number of hydrogen-bond acceptors (Lipinski definition) is 1. The lowest BCUT2D eigenvalue weighted by Gasteiger charge is -2.10. The van der Waals surface area contributed by atoms with Gasteiger partial charge < -0.3 is 5.32 Å². The van der Waals surface area contributed by atoms with E-state index in [-0.39, 0.29) is 0 Å². The third-order valence-corrected chi connectivity index (χ3v) is 1.99. The van der Waals surface area contributed by atoms with Gasteiger partial charge in [0.1, 0.15) is 0 Å². The molecule has 1 aromatic heterocycles. The van der Waals surface area contributed by atoms with Crippen LogP contribution in [0.15, 0.2) is 36.5 Å². The quantitative estimate of drug-likeness (QED) is 0.682. The van der Waals surface area contributed by atoms with Gasteiger partial charge in [-0.1, -0.05) is 18.2 Å². The molecule has 1 aromatic carbocycles. The molecule has 0 fully saturated rings. The van der Waals surface area contributed by atoms with E-state index in [0.29, 0.717) is 0 Å². The summed E-state index contributed by atoms with van der Waals surface area (Å²) in [6.45, 7) is 0.748. The van der Waals surface area contributed by atoms with Gasteiger partial charge in [-0.05, 0) is 17.7 Å². The van der Waals surface area contributed by atoms with Gasteiger partial charge in [0.05, 0.1) is 5.52 Å². The molecule has 2 nitrogen and oxygen atoms in total. The predicted octanol–water partition coefficient (Wildman–Crippen LogP) is 2.74. The van der Waals surface area contributed by atoms with Crippen molar-refractivity contribution in [2.75, 3.05) is 7.05 Å². The number of rotatable bonds is 2. The molecule has 2 rings (SSSR count). The zero-order valence-corrected chi connectivity index (χ0v) is 7.57. The van der Waals surface area contributed by atoms with Crippen LogP contribution in [0.4, 0.5) is 0 Å². The number of aromatic nitrogens is 1. The van der Waals surface area contributed by atoms with Crippen molar-refractivity contribution < 1.29 is 0 Å². The van der Waals surface area contributed by atoms with Crippen LogP contribution in [0.5, 0.6) is 0 Å². The summed E-state index contributed by atoms with van der Waals surface area (Å²) < 4.78 is 0. The highest BCUT2D eigenvalue weighted by Crippen LogP contribution is 2.13. The molecule has 1 heterocycles. The summed E-state index contributed by atoms with van der Waals surface area (Å²) in [6.07, 6.45) is 1.88. The maximum absolute atomic E-state index is 4.34. The van der Waals surface area contributed by atoms with Crippen LogP contribution >= 0.6 is 0 Å². The lowest BCUT2D eigenvalue weighted by atomic mass is 10.1. The molecule has 0 radical (unpaired) electrons. The highest BCUT2D eigenvalue weighted by molar-refractivity contribution is 5.78. The first-order chi connectivity index (χ1) is 6.40. The Morgan fingerprint density at radius 3 is 3.00 bits per heavy atom. The first-order valence-corrected chi connectivity index (χ1v) is 4.29. The smallest absolute Gasteiger partial charge is 0.0702 e. The zero-order valence-electron chi connectivity index (χ0n) is 7.57. The normalized spacial score (nSPS) is 10.5. The number of benzene rings is 1. The van der Waals surface area contributed by atoms with Crippen LogP contribution < -0.4 is 0 Å². The summed E-state index contributed by atoms with van der Waals surface area (Å²) in [4.78, 5) is 4.34. The molecular formula is C11H11N2-. The minimum Gasteiger partial charge on any atom is -0.661 e. The van der Waals surface area contributed by atoms with Crippen molar-refractivity contribution >= 4 is 10.9 Å². The minimum absolute atomic E-state index is 0.748. The molecule has 0 aliphatic heterocycles. The number of para-hydroxylation sites is 1. The van der Waals surface area contributed by atoms with Crippen LogP contribution in [-0.2, 0) is 6.54 Å². The van der Waals surface area contributed by atoms with E-state index in [1.54, 1.807) is 0 Å². The van der Waals surface area contributed by atoms with Gasteiger partial charge in [0, 0.05) is 11.6 Å². The van der Waals surface area contributed by atoms with Crippen molar-refractivity contribution in [1.29, 1.82) is 0 Å². The lowest BCUT2D eigenvalue weighted by molar-refractivity contribution is 1.16. The minimum atomic E-state index is 0.748. The Morgan fingerprint density at radius 2 is 2.15 bits per heavy atom. The largest absolute Gasteiger partial charge is 0.661 e. The highest BCUT2D eigenvalue weighted by Gasteiger charge is 1.92. The van der Waals surface area contributed by atoms with Crippen LogP contribution in [0, 0.1) is 0 Å². The summed E-state index contributed by atoms with van der Waals surface area (Å²) in [5, 5.41) is 5.26. The van der Waals surface area contributed by atoms with Gasteiger partial charge in [0.15, 0.2) is 0 Å². The van der Waals surface area contributed by atoms with Crippen molar-refractivity contribution in [3.05, 3.63) is 47.4 Å². The van der Waals surface area contributed by atoms with Gasteiger partial charge >= 0.3 is 0 Å². The van der Waals surface area contributed by atoms with Crippen molar-refractivity contribution in [3.63, 3.8) is 0 Å². The Bertz CT molecular complexity index is 410. The average molecular weight is 171 g/mol. The van der Waals surface area contributed by atoms with Crippen LogP contribution in [0.2, 0.25) is 0 Å². The maximum Gasteiger partial charge on any atom is 0.0702 e. The molecule has 0 aliphatic rings. The number of pyridine rings is 1. The standard InChI is InChI=1S/C11H11N2/c1-12-7-9-6-10-4-2-3-5-11(10)13-8-9/h2-6,8H,7H2,1H3/q-1. The average Bonchev–Trinajstić information content (AvgIpc) is 2.18. The Hall–Kier alpha value is -1.41. The molecule has 66 valence electrons. The molecular weight excluding hydrogens is 160 g/mol. The van der Waals surface area contributed by atoms with Crippen LogP contribution in [0.25, 0.3) is 16.2 Å². The van der Waals surface area contributed by atoms with E-state index in [1.807, 2.05) is 31.4 Å². The van der Waals surface area contributed by atoms with Crippen molar-refractivity contribution in [2.24, 2.45) is 0 Å². The van der Waals surface area contributed by atoms with Gasteiger partial charge in [0.25, 0.3) is 0 Å². The van der Waals surface area contributed by atoms with Crippen LogP contribution in [-0.4, -0.2) is 12.0 Å². The summed E-state index contributed by atoms with van der Waals surface area (Å²) in [5.74, 6) is 0. The van der Waals surface area contributed by atoms with E-state index in [0.717, 1.165) is 12.1 Å². The molecule has 0 bridgehead atoms. The molecule has 2 aromatic rings. The lowest BCUT2D eigenvalue weighted by Crippen LogP contribution is -1.85. The summed E-state index contributed by atoms with van der Waals surface area (Å²) in [5.41, 5.74) is 2.21. The number of nitrogens with zero attached hydrogens (tertiary/aromatic N) is 2. The molecule has 0 atom stereocenters. The molecule has 0 saturated carbocycles. The SMILES string of the molecule is C[N-]Cc1cnc2ccccc2c1. The van der Waals surface area contributed by atoms with Gasteiger partial charge in [-0.2, -0.15) is 7.05 Å². The molecule has 0 saturated heterocycles. The second-order valence-corrected chi connectivity index (χ2v) is 3.01. The molecule has 0 unspecified atom stereocenters. The highest BCUT2D eigenvalue weighted by atomic mass is 14.8. The van der Waals surface area contributed by atoms with E-state index in [1.165, 1.54) is 10.9 Å². The van der Waals surface area contributed by atoms with Crippen LogP contribution in [0.3, 0.4) is 0 Å². The van der Waals surface area contributed by atoms with Crippen molar-refractivity contribution in [1.82, 2.24) is 4.98 Å². The molecule has 13 heavy (non-hydrogen) atoms. The van der Waals surface area contributed by atoms with Crippen LogP contribution in [0.1, 0.15) is 5.56 Å². The van der Waals surface area contributed by atoms with Crippen molar-refractivity contribution in [3.8, 4) is 0 Å². The Labute approximate surface area is 77.6 Å². The first kappa shape index (κ1) is 8.20. The van der Waals surface area contributed by atoms with E-state index in [9.17, 15) is 0 Å². The summed E-state index contributed by atoms with van der Waals surface area (Å²) in [7, 11) is 1.81. The molecule has 0 aliphatic carbocycles. The van der Waals surface area contributed by atoms with Crippen molar-refractivity contribution in [2.45, 2.75) is 6.54 Å². The molecule has 0 spiro atoms. The fourth-order valence-electron chi connectivity index (χ4n) is 1.39. The topological polar surface area (TPSA) is 27.0 Å². The first-order valence-electron chi connectivity index (χ1n) is 4.29. The van der Waals surface area contributed by atoms with Gasteiger partial charge in [0.2, 0.25) is 0 Å². The van der Waals surface area contributed by atoms with E-state index in [4.69, 9.17) is 0 Å². The predicted molar refractivity (Wildman–Crippen MR) is 54.7 cm³/mol. The maximum atomic E-state index is 4.34. The fraction of sp³-hybridized carbons (Fsp3) is 0.182. The molecule has 2 heteroatoms. The van der Waals surface area contributed by atoms with E-state index >= 15 is 0 Å². The Morgan fingerprint density at radius 1 is 1.31 bits per heavy atom. The third-order valence-electron chi connectivity index (χ3n) is 1.99. The van der Waals surface area contributed by atoms with Gasteiger partial charge in [-0.3, -0.25) is 4.98 Å². The Balaban J connectivity index is 2.49. The second kappa shape index (κ2) is 3.54. The summed E-state index contributed by atoms with van der Waals surface area (Å²) in [6, 6.07) is 10.2.